The zero-order valence-electron chi connectivity index (χ0n) is 11.5. The van der Waals surface area contributed by atoms with Crippen molar-refractivity contribution in [3.63, 3.8) is 0 Å². The van der Waals surface area contributed by atoms with E-state index < -0.39 is 5.97 Å². The molecule has 0 unspecified atom stereocenters. The summed E-state index contributed by atoms with van der Waals surface area (Å²) in [6.45, 7) is 4.43. The fraction of sp³-hybridized carbons (Fsp3) is 0.286. The first-order chi connectivity index (χ1) is 9.58. The van der Waals surface area contributed by atoms with Crippen LogP contribution in [-0.2, 0) is 4.74 Å². The molecule has 0 N–H and O–H groups in total. The molecule has 0 aliphatic heterocycles. The topological polar surface area (TPSA) is 53.4 Å². The van der Waals surface area contributed by atoms with Crippen molar-refractivity contribution in [2.45, 2.75) is 13.8 Å². The maximum Gasteiger partial charge on any atom is 0.359 e. The number of carbonyl (C=O) groups excluding carboxylic acids is 1. The number of halogens is 1. The third-order valence-electron chi connectivity index (χ3n) is 2.81. The van der Waals surface area contributed by atoms with Crippen LogP contribution >= 0.6 is 15.9 Å². The minimum absolute atomic E-state index is 0.263. The molecule has 0 atom stereocenters. The number of methoxy groups -OCH3 is 1. The molecule has 0 fully saturated rings. The Kier molecular flexibility index (Phi) is 4.44. The number of hydrogen-bond acceptors (Lipinski definition) is 4. The molecule has 2 aromatic rings. The smallest absolute Gasteiger partial charge is 0.359 e. The van der Waals surface area contributed by atoms with E-state index in [1.54, 1.807) is 4.68 Å². The Balaban J connectivity index is 2.40. The van der Waals surface area contributed by atoms with Gasteiger partial charge in [0.1, 0.15) is 5.75 Å². The van der Waals surface area contributed by atoms with E-state index in [9.17, 15) is 4.79 Å². The average Bonchev–Trinajstić information content (AvgIpc) is 2.76. The first-order valence-electron chi connectivity index (χ1n) is 6.15. The Morgan fingerprint density at radius 1 is 1.35 bits per heavy atom. The lowest BCUT2D eigenvalue weighted by Crippen LogP contribution is -2.05. The third-order valence-corrected chi connectivity index (χ3v) is 3.76. The van der Waals surface area contributed by atoms with Crippen molar-refractivity contribution >= 4 is 21.9 Å². The quantitative estimate of drug-likeness (QED) is 0.803. The predicted octanol–water partition coefficient (Wildman–Crippen LogP) is 3.13. The molecule has 1 aromatic heterocycles. The number of esters is 1. The van der Waals surface area contributed by atoms with Crippen LogP contribution in [0, 0.1) is 6.92 Å². The summed E-state index contributed by atoms with van der Waals surface area (Å²) in [6, 6.07) is 7.51. The van der Waals surface area contributed by atoms with Crippen LogP contribution in [0.15, 0.2) is 28.7 Å². The number of carbonyl (C=O) groups is 1. The summed E-state index contributed by atoms with van der Waals surface area (Å²) in [5.41, 5.74) is 1.94. The van der Waals surface area contributed by atoms with Gasteiger partial charge < -0.3 is 9.47 Å². The first kappa shape index (κ1) is 14.6. The molecule has 1 aromatic carbocycles. The monoisotopic (exact) mass is 338 g/mol. The van der Waals surface area contributed by atoms with Crippen LogP contribution in [0.2, 0.25) is 0 Å². The summed E-state index contributed by atoms with van der Waals surface area (Å²) < 4.78 is 12.4. The maximum atomic E-state index is 11.6. The van der Waals surface area contributed by atoms with E-state index in [2.05, 4.69) is 21.0 Å². The van der Waals surface area contributed by atoms with E-state index in [0.717, 1.165) is 17.1 Å². The van der Waals surface area contributed by atoms with E-state index >= 15 is 0 Å². The molecule has 1 heterocycles. The lowest BCUT2D eigenvalue weighted by molar-refractivity contribution is 0.0592. The molecule has 5 nitrogen and oxygen atoms in total. The Morgan fingerprint density at radius 3 is 2.55 bits per heavy atom. The van der Waals surface area contributed by atoms with Crippen molar-refractivity contribution in [2.75, 3.05) is 13.7 Å². The second kappa shape index (κ2) is 6.09. The molecule has 2 rings (SSSR count). The van der Waals surface area contributed by atoms with E-state index in [1.165, 1.54) is 7.11 Å². The summed E-state index contributed by atoms with van der Waals surface area (Å²) >= 11 is 3.37. The van der Waals surface area contributed by atoms with Crippen molar-refractivity contribution in [2.24, 2.45) is 0 Å². The second-order valence-corrected chi connectivity index (χ2v) is 4.87. The van der Waals surface area contributed by atoms with Crippen LogP contribution in [0.1, 0.15) is 23.1 Å². The number of aromatic nitrogens is 2. The van der Waals surface area contributed by atoms with Gasteiger partial charge in [-0.15, -0.1) is 0 Å². The van der Waals surface area contributed by atoms with Gasteiger partial charge in [-0.2, -0.15) is 5.10 Å². The van der Waals surface area contributed by atoms with Crippen LogP contribution in [0.3, 0.4) is 0 Å². The van der Waals surface area contributed by atoms with Gasteiger partial charge in [-0.25, -0.2) is 9.48 Å². The Morgan fingerprint density at radius 2 is 2.00 bits per heavy atom. The zero-order valence-corrected chi connectivity index (χ0v) is 13.1. The van der Waals surface area contributed by atoms with Gasteiger partial charge in [0.15, 0.2) is 5.69 Å². The highest BCUT2D eigenvalue weighted by Crippen LogP contribution is 2.25. The molecule has 0 saturated carbocycles. The zero-order chi connectivity index (χ0) is 14.7. The molecule has 0 aliphatic rings. The summed E-state index contributed by atoms with van der Waals surface area (Å²) in [5.74, 6) is 0.331. The predicted molar refractivity (Wildman–Crippen MR) is 78.5 cm³/mol. The Bertz CT molecular complexity index is 620. The van der Waals surface area contributed by atoms with Gasteiger partial charge in [-0.1, -0.05) is 0 Å². The van der Waals surface area contributed by atoms with Crippen LogP contribution in [0.25, 0.3) is 5.69 Å². The van der Waals surface area contributed by atoms with Gasteiger partial charge >= 0.3 is 5.97 Å². The standard InChI is InChI=1S/C14H15BrN2O3/c1-4-20-11-7-5-10(6-8-11)17-9(2)12(15)13(16-17)14(18)19-3/h5-8H,4H2,1-3H3. The molecule has 0 aliphatic carbocycles. The maximum absolute atomic E-state index is 11.6. The fourth-order valence-electron chi connectivity index (χ4n) is 1.81. The van der Waals surface area contributed by atoms with Crippen molar-refractivity contribution in [1.82, 2.24) is 9.78 Å². The molecule has 106 valence electrons. The van der Waals surface area contributed by atoms with Crippen LogP contribution < -0.4 is 4.74 Å². The summed E-state index contributed by atoms with van der Waals surface area (Å²) in [4.78, 5) is 11.6. The highest BCUT2D eigenvalue weighted by Gasteiger charge is 2.20. The van der Waals surface area contributed by atoms with E-state index in [1.807, 2.05) is 38.1 Å². The first-order valence-corrected chi connectivity index (χ1v) is 6.94. The molecule has 0 spiro atoms. The molecule has 0 saturated heterocycles. The molecular weight excluding hydrogens is 324 g/mol. The van der Waals surface area contributed by atoms with Gasteiger partial charge in [0.2, 0.25) is 0 Å². The minimum Gasteiger partial charge on any atom is -0.494 e. The summed E-state index contributed by atoms with van der Waals surface area (Å²) in [6.07, 6.45) is 0. The minimum atomic E-state index is -0.468. The van der Waals surface area contributed by atoms with E-state index in [-0.39, 0.29) is 5.69 Å². The molecule has 20 heavy (non-hydrogen) atoms. The van der Waals surface area contributed by atoms with E-state index in [4.69, 9.17) is 9.47 Å². The highest BCUT2D eigenvalue weighted by molar-refractivity contribution is 9.10. The Hall–Kier alpha value is -1.82. The van der Waals surface area contributed by atoms with Crippen molar-refractivity contribution in [1.29, 1.82) is 0 Å². The molecular formula is C14H15BrN2O3. The van der Waals surface area contributed by atoms with Crippen LogP contribution in [-0.4, -0.2) is 29.5 Å². The van der Waals surface area contributed by atoms with Gasteiger partial charge in [0.25, 0.3) is 0 Å². The summed E-state index contributed by atoms with van der Waals surface area (Å²) in [5, 5.41) is 4.28. The number of hydrogen-bond donors (Lipinski definition) is 0. The van der Waals surface area contributed by atoms with Gasteiger partial charge in [-0.3, -0.25) is 0 Å². The highest BCUT2D eigenvalue weighted by atomic mass is 79.9. The number of rotatable bonds is 4. The molecule has 0 amide bonds. The largest absolute Gasteiger partial charge is 0.494 e. The van der Waals surface area contributed by atoms with Gasteiger partial charge in [0, 0.05) is 0 Å². The Labute approximate surface area is 125 Å². The second-order valence-electron chi connectivity index (χ2n) is 4.08. The average molecular weight is 339 g/mol. The normalized spacial score (nSPS) is 10.4. The molecule has 0 bridgehead atoms. The fourth-order valence-corrected chi connectivity index (χ4v) is 2.22. The number of benzene rings is 1. The van der Waals surface area contributed by atoms with Crippen LogP contribution in [0.5, 0.6) is 5.75 Å². The SMILES string of the molecule is CCOc1ccc(-n2nc(C(=O)OC)c(Br)c2C)cc1. The lowest BCUT2D eigenvalue weighted by atomic mass is 10.3. The number of nitrogens with zero attached hydrogens (tertiary/aromatic N) is 2. The molecule has 0 radical (unpaired) electrons. The summed E-state index contributed by atoms with van der Waals surface area (Å²) in [7, 11) is 1.33. The third kappa shape index (κ3) is 2.70. The lowest BCUT2D eigenvalue weighted by Gasteiger charge is -2.06. The number of ether oxygens (including phenoxy) is 2. The van der Waals surface area contributed by atoms with Gasteiger partial charge in [0.05, 0.1) is 29.6 Å². The van der Waals surface area contributed by atoms with Crippen molar-refractivity contribution < 1.29 is 14.3 Å². The van der Waals surface area contributed by atoms with Crippen molar-refractivity contribution in [3.8, 4) is 11.4 Å². The molecule has 6 heteroatoms. The van der Waals surface area contributed by atoms with Gasteiger partial charge in [-0.05, 0) is 54.0 Å². The van der Waals surface area contributed by atoms with E-state index in [0.29, 0.717) is 11.1 Å². The van der Waals surface area contributed by atoms with Crippen LogP contribution in [0.4, 0.5) is 0 Å². The van der Waals surface area contributed by atoms with Crippen molar-refractivity contribution in [3.05, 3.63) is 40.1 Å².